The summed E-state index contributed by atoms with van der Waals surface area (Å²) in [6.07, 6.45) is 0. The Morgan fingerprint density at radius 1 is 1.23 bits per heavy atom. The first-order valence-corrected chi connectivity index (χ1v) is 10.3. The summed E-state index contributed by atoms with van der Waals surface area (Å²) in [5.74, 6) is -1.66. The van der Waals surface area contributed by atoms with Crippen molar-refractivity contribution in [3.8, 4) is 5.75 Å². The molecule has 8 nitrogen and oxygen atoms in total. The maximum Gasteiger partial charge on any atom is 1.00 e. The molecule has 3 atom stereocenters. The molecule has 2 fully saturated rings. The number of nitrogens with one attached hydrogen (secondary N) is 1. The Bertz CT molecular complexity index is 1030. The summed E-state index contributed by atoms with van der Waals surface area (Å²) in [6, 6.07) is 9.28. The smallest absolute Gasteiger partial charge is 0.548 e. The van der Waals surface area contributed by atoms with Crippen LogP contribution in [0.3, 0.4) is 0 Å². The fourth-order valence-corrected chi connectivity index (χ4v) is 5.72. The van der Waals surface area contributed by atoms with E-state index in [4.69, 9.17) is 4.74 Å². The molecule has 2 amide bonds. The zero-order valence-electron chi connectivity index (χ0n) is 17.8. The minimum Gasteiger partial charge on any atom is -0.548 e. The third kappa shape index (κ3) is 4.17. The maximum absolute atomic E-state index is 13.2. The van der Waals surface area contributed by atoms with E-state index in [0.717, 1.165) is 10.8 Å². The minimum absolute atomic E-state index is 0. The zero-order valence-corrected chi connectivity index (χ0v) is 20.6. The van der Waals surface area contributed by atoms with Crippen molar-refractivity contribution in [3.63, 3.8) is 0 Å². The van der Waals surface area contributed by atoms with Crippen molar-refractivity contribution in [2.45, 2.75) is 43.0 Å². The predicted molar refractivity (Wildman–Crippen MR) is 111 cm³/mol. The monoisotopic (exact) mass is 454 g/mol. The molecule has 0 spiro atoms. The number of aliphatic carboxylic acids is 1. The molecule has 0 aliphatic carbocycles. The van der Waals surface area contributed by atoms with Crippen molar-refractivity contribution >= 4 is 40.3 Å². The normalized spacial score (nSPS) is 23.1. The topological polar surface area (TPSA) is 130 Å². The van der Waals surface area contributed by atoms with Crippen LogP contribution in [0, 0.1) is 0 Å². The van der Waals surface area contributed by atoms with Crippen LogP contribution in [-0.4, -0.2) is 57.0 Å². The second kappa shape index (κ2) is 9.38. The van der Waals surface area contributed by atoms with Gasteiger partial charge in [0.2, 0.25) is 5.91 Å². The van der Waals surface area contributed by atoms with E-state index in [9.17, 15) is 19.5 Å². The number of rotatable bonds is 5. The maximum atomic E-state index is 13.2. The average molecular weight is 454 g/mol. The molecule has 31 heavy (non-hydrogen) atoms. The van der Waals surface area contributed by atoms with Crippen molar-refractivity contribution in [1.29, 1.82) is 0 Å². The molecular formula is C21H23N2NaO6S. The van der Waals surface area contributed by atoms with Crippen LogP contribution in [0.4, 0.5) is 0 Å². The number of ether oxygens (including phenoxy) is 1. The van der Waals surface area contributed by atoms with Crippen LogP contribution in [-0.2, 0) is 9.59 Å². The third-order valence-electron chi connectivity index (χ3n) is 5.37. The van der Waals surface area contributed by atoms with E-state index in [1.165, 1.54) is 16.7 Å². The van der Waals surface area contributed by atoms with Gasteiger partial charge < -0.3 is 30.3 Å². The Balaban J connectivity index is 0.00000171. The number of carboxylic acids is 1. The van der Waals surface area contributed by atoms with Gasteiger partial charge in [-0.2, -0.15) is 0 Å². The van der Waals surface area contributed by atoms with Gasteiger partial charge in [0.05, 0.1) is 24.2 Å². The van der Waals surface area contributed by atoms with E-state index in [1.54, 1.807) is 19.9 Å². The molecule has 2 aromatic rings. The number of hydrogen-bond donors (Lipinski definition) is 1. The summed E-state index contributed by atoms with van der Waals surface area (Å²) in [7, 11) is 0. The molecule has 2 aromatic carbocycles. The van der Waals surface area contributed by atoms with Crippen LogP contribution in [0.1, 0.15) is 31.1 Å². The van der Waals surface area contributed by atoms with Crippen LogP contribution in [0.5, 0.6) is 5.75 Å². The largest absolute Gasteiger partial charge is 1.00 e. The Morgan fingerprint density at radius 3 is 2.55 bits per heavy atom. The minimum atomic E-state index is -1.28. The van der Waals surface area contributed by atoms with Gasteiger partial charge in [-0.3, -0.25) is 9.59 Å². The summed E-state index contributed by atoms with van der Waals surface area (Å²) < 4.78 is 4.95. The Kier molecular flexibility index (Phi) is 7.71. The number of nitrogens with zero attached hydrogens (tertiary/aromatic N) is 1. The van der Waals surface area contributed by atoms with Crippen LogP contribution in [0.2, 0.25) is 0 Å². The fourth-order valence-electron chi connectivity index (χ4n) is 4.10. The molecule has 2 aliphatic rings. The van der Waals surface area contributed by atoms with Gasteiger partial charge in [-0.05, 0) is 37.6 Å². The standard InChI is InChI=1S/C21H22N2O5S.Na.H2O/c1-4-28-13-10-9-11-7-5-6-8-12(11)14(13)17(24)22-15-18(25)23-16(20(26)27)21(2,3)29-19(15)23;;/h5-10,15-16,19H,4H2,1-3H3,(H,22,24)(H,26,27);;1H2/q;+1;/p-1/t15?,16?,19-;;/m0../s1. The van der Waals surface area contributed by atoms with E-state index in [1.807, 2.05) is 37.3 Å². The number of carbonyl (C=O) groups excluding carboxylic acids is 3. The number of β-lactam (4-membered cyclic amide) rings is 1. The Labute approximate surface area is 206 Å². The van der Waals surface area contributed by atoms with Crippen LogP contribution in [0.25, 0.3) is 10.8 Å². The summed E-state index contributed by atoms with van der Waals surface area (Å²) in [6.45, 7) is 5.76. The first kappa shape index (κ1) is 25.5. The summed E-state index contributed by atoms with van der Waals surface area (Å²) in [5, 5.41) is 15.5. The van der Waals surface area contributed by atoms with Crippen molar-refractivity contribution < 1.29 is 59.3 Å². The Hall–Kier alpha value is -1.78. The van der Waals surface area contributed by atoms with E-state index in [2.05, 4.69) is 5.32 Å². The van der Waals surface area contributed by atoms with Crippen LogP contribution in [0.15, 0.2) is 36.4 Å². The number of hydrogen-bond acceptors (Lipinski definition) is 6. The number of benzene rings is 2. The van der Waals surface area contributed by atoms with E-state index < -0.39 is 40.0 Å². The second-order valence-corrected chi connectivity index (χ2v) is 9.39. The van der Waals surface area contributed by atoms with E-state index >= 15 is 0 Å². The molecule has 0 radical (unpaired) electrons. The van der Waals surface area contributed by atoms with Crippen molar-refractivity contribution in [3.05, 3.63) is 42.0 Å². The van der Waals surface area contributed by atoms with Gasteiger partial charge in [0.1, 0.15) is 17.2 Å². The van der Waals surface area contributed by atoms with E-state index in [0.29, 0.717) is 17.9 Å². The van der Waals surface area contributed by atoms with Crippen molar-refractivity contribution in [1.82, 2.24) is 10.2 Å². The first-order valence-electron chi connectivity index (χ1n) is 9.42. The molecule has 0 aromatic heterocycles. The van der Waals surface area contributed by atoms with Gasteiger partial charge in [0.15, 0.2) is 0 Å². The SMILES string of the molecule is CCOc1ccc2ccccc2c1C(=O)NC1C(=O)N2C(C(=O)[O-])C(C)(C)S[C@@H]12.O.[Na+]. The molecule has 0 saturated carbocycles. The van der Waals surface area contributed by atoms with Gasteiger partial charge in [-0.15, -0.1) is 11.8 Å². The van der Waals surface area contributed by atoms with Crippen molar-refractivity contribution in [2.24, 2.45) is 0 Å². The number of carboxylic acid groups (broad SMARTS) is 1. The van der Waals surface area contributed by atoms with Gasteiger partial charge in [-0.25, -0.2) is 0 Å². The van der Waals surface area contributed by atoms with Crippen molar-refractivity contribution in [2.75, 3.05) is 6.61 Å². The molecule has 0 bridgehead atoms. The van der Waals surface area contributed by atoms with Gasteiger partial charge in [0, 0.05) is 4.75 Å². The first-order chi connectivity index (χ1) is 13.8. The second-order valence-electron chi connectivity index (χ2n) is 7.62. The molecular weight excluding hydrogens is 431 g/mol. The van der Waals surface area contributed by atoms with Gasteiger partial charge in [-0.1, -0.05) is 30.3 Å². The molecule has 3 N–H and O–H groups in total. The average Bonchev–Trinajstić information content (AvgIpc) is 2.94. The molecule has 2 unspecified atom stereocenters. The molecule has 4 rings (SSSR count). The zero-order chi connectivity index (χ0) is 20.9. The van der Waals surface area contributed by atoms with Crippen LogP contribution >= 0.6 is 11.8 Å². The molecule has 2 heterocycles. The number of amides is 2. The number of carbonyl (C=O) groups is 3. The quantitative estimate of drug-likeness (QED) is 0.387. The van der Waals surface area contributed by atoms with E-state index in [-0.39, 0.29) is 35.0 Å². The number of fused-ring (bicyclic) bond motifs is 2. The molecule has 160 valence electrons. The molecule has 10 heteroatoms. The summed E-state index contributed by atoms with van der Waals surface area (Å²) in [5.41, 5.74) is 0.370. The Morgan fingerprint density at radius 2 is 1.90 bits per heavy atom. The summed E-state index contributed by atoms with van der Waals surface area (Å²) in [4.78, 5) is 38.7. The van der Waals surface area contributed by atoms with Gasteiger partial charge >= 0.3 is 29.6 Å². The molecule has 2 aliphatic heterocycles. The van der Waals surface area contributed by atoms with Crippen LogP contribution < -0.4 is 44.7 Å². The summed E-state index contributed by atoms with van der Waals surface area (Å²) >= 11 is 1.36. The predicted octanol–water partition coefficient (Wildman–Crippen LogP) is -2.67. The van der Waals surface area contributed by atoms with Gasteiger partial charge in [0.25, 0.3) is 5.91 Å². The fraction of sp³-hybridized carbons (Fsp3) is 0.381. The molecule has 2 saturated heterocycles. The number of thioether (sulfide) groups is 1. The third-order valence-corrected chi connectivity index (χ3v) is 6.94.